The van der Waals surface area contributed by atoms with Gasteiger partial charge in [0, 0.05) is 18.4 Å². The second-order valence-electron chi connectivity index (χ2n) is 7.30. The van der Waals surface area contributed by atoms with E-state index in [-0.39, 0.29) is 30.6 Å². The van der Waals surface area contributed by atoms with Gasteiger partial charge in [-0.05, 0) is 49.4 Å². The summed E-state index contributed by atoms with van der Waals surface area (Å²) in [4.78, 5) is 12.7. The average Bonchev–Trinajstić information content (AvgIpc) is 2.72. The monoisotopic (exact) mass is 419 g/mol. The van der Waals surface area contributed by atoms with Crippen LogP contribution in [0.1, 0.15) is 24.5 Å². The van der Waals surface area contributed by atoms with Gasteiger partial charge in [-0.15, -0.1) is 5.10 Å². The lowest BCUT2D eigenvalue weighted by Crippen LogP contribution is -2.60. The van der Waals surface area contributed by atoms with Crippen molar-refractivity contribution in [2.24, 2.45) is 16.8 Å². The highest BCUT2D eigenvalue weighted by molar-refractivity contribution is 5.95. The number of nitrogens with zero attached hydrogens (tertiary/aromatic N) is 2. The van der Waals surface area contributed by atoms with Crippen LogP contribution in [0.5, 0.6) is 5.75 Å². The van der Waals surface area contributed by atoms with E-state index in [1.54, 1.807) is 0 Å². The van der Waals surface area contributed by atoms with Gasteiger partial charge in [-0.2, -0.15) is 0 Å². The Morgan fingerprint density at radius 3 is 2.67 bits per heavy atom. The van der Waals surface area contributed by atoms with Crippen LogP contribution >= 0.6 is 0 Å². The Morgan fingerprint density at radius 1 is 1.20 bits per heavy atom. The summed E-state index contributed by atoms with van der Waals surface area (Å²) < 4.78 is 53.7. The van der Waals surface area contributed by atoms with E-state index in [9.17, 15) is 18.0 Å². The van der Waals surface area contributed by atoms with Crippen LogP contribution in [-0.4, -0.2) is 36.6 Å². The van der Waals surface area contributed by atoms with Crippen LogP contribution in [-0.2, 0) is 15.1 Å². The van der Waals surface area contributed by atoms with Gasteiger partial charge in [0.25, 0.3) is 0 Å². The molecule has 0 radical (unpaired) electrons. The molecule has 0 fully saturated rings. The summed E-state index contributed by atoms with van der Waals surface area (Å²) in [6.45, 7) is 1.65. The van der Waals surface area contributed by atoms with Crippen molar-refractivity contribution < 1.29 is 27.4 Å². The van der Waals surface area contributed by atoms with E-state index in [0.29, 0.717) is 24.3 Å². The first-order chi connectivity index (χ1) is 14.4. The molecule has 0 aliphatic carbocycles. The zero-order chi connectivity index (χ0) is 21.5. The van der Waals surface area contributed by atoms with E-state index in [2.05, 4.69) is 5.10 Å². The van der Waals surface area contributed by atoms with Crippen molar-refractivity contribution >= 4 is 11.8 Å². The first-order valence-electron chi connectivity index (χ1n) is 9.47. The lowest BCUT2D eigenvalue weighted by atomic mass is 9.74. The summed E-state index contributed by atoms with van der Waals surface area (Å²) in [6, 6.07) is 6.89. The maximum Gasteiger partial charge on any atom is 0.241 e. The number of carbonyl (C=O) groups is 1. The predicted molar refractivity (Wildman–Crippen MR) is 102 cm³/mol. The van der Waals surface area contributed by atoms with Crippen LogP contribution < -0.4 is 10.5 Å². The highest BCUT2D eigenvalue weighted by Gasteiger charge is 2.54. The van der Waals surface area contributed by atoms with Crippen molar-refractivity contribution in [1.29, 1.82) is 0 Å². The number of rotatable bonds is 3. The van der Waals surface area contributed by atoms with E-state index in [1.165, 1.54) is 25.1 Å². The van der Waals surface area contributed by atoms with E-state index in [0.717, 1.165) is 23.2 Å². The minimum absolute atomic E-state index is 0.147. The Labute approximate surface area is 171 Å². The summed E-state index contributed by atoms with van der Waals surface area (Å²) >= 11 is 0. The maximum absolute atomic E-state index is 14.3. The number of amides is 1. The molecule has 2 aromatic carbocycles. The molecule has 2 aliphatic heterocycles. The molecule has 2 unspecified atom stereocenters. The molecule has 2 heterocycles. The quantitative estimate of drug-likeness (QED) is 0.830. The van der Waals surface area contributed by atoms with Crippen LogP contribution in [0.15, 0.2) is 41.5 Å². The summed E-state index contributed by atoms with van der Waals surface area (Å²) in [5.41, 5.74) is 4.76. The number of benzene rings is 2. The molecule has 2 atom stereocenters. The normalized spacial score (nSPS) is 22.8. The molecule has 0 saturated carbocycles. The van der Waals surface area contributed by atoms with Gasteiger partial charge in [0.2, 0.25) is 11.8 Å². The fourth-order valence-electron chi connectivity index (χ4n) is 4.11. The Hall–Kier alpha value is -3.07. The third-order valence-electron chi connectivity index (χ3n) is 5.49. The van der Waals surface area contributed by atoms with Crippen molar-refractivity contribution in [3.8, 4) is 5.75 Å². The van der Waals surface area contributed by atoms with E-state index < -0.39 is 28.9 Å². The second kappa shape index (κ2) is 7.64. The number of hydrogen-bond donors (Lipinski definition) is 1. The van der Waals surface area contributed by atoms with E-state index in [1.807, 2.05) is 0 Å². The smallest absolute Gasteiger partial charge is 0.241 e. The van der Waals surface area contributed by atoms with Gasteiger partial charge in [0.1, 0.15) is 35.3 Å². The van der Waals surface area contributed by atoms with Crippen LogP contribution in [0.3, 0.4) is 0 Å². The molecule has 6 nitrogen and oxygen atoms in total. The largest absolute Gasteiger partial charge is 0.493 e. The highest BCUT2D eigenvalue weighted by atomic mass is 19.1. The number of hydrazone groups is 1. The van der Waals surface area contributed by atoms with Crippen LogP contribution in [0.2, 0.25) is 0 Å². The molecule has 1 spiro atoms. The molecule has 9 heteroatoms. The maximum atomic E-state index is 14.3. The number of carbonyl (C=O) groups excluding carboxylic acids is 1. The van der Waals surface area contributed by atoms with Gasteiger partial charge in [-0.25, -0.2) is 18.2 Å². The Balaban J connectivity index is 1.90. The number of halogens is 3. The van der Waals surface area contributed by atoms with Crippen molar-refractivity contribution in [3.63, 3.8) is 0 Å². The summed E-state index contributed by atoms with van der Waals surface area (Å²) in [7, 11) is 0. The van der Waals surface area contributed by atoms with E-state index in [4.69, 9.17) is 15.2 Å². The Morgan fingerprint density at radius 2 is 1.93 bits per heavy atom. The Bertz CT molecular complexity index is 1030. The highest BCUT2D eigenvalue weighted by Crippen LogP contribution is 2.48. The van der Waals surface area contributed by atoms with E-state index >= 15 is 0 Å². The third-order valence-corrected chi connectivity index (χ3v) is 5.49. The molecule has 30 heavy (non-hydrogen) atoms. The van der Waals surface area contributed by atoms with Crippen molar-refractivity contribution in [2.45, 2.75) is 18.9 Å². The van der Waals surface area contributed by atoms with Gasteiger partial charge >= 0.3 is 0 Å². The second-order valence-corrected chi connectivity index (χ2v) is 7.30. The lowest BCUT2D eigenvalue weighted by molar-refractivity contribution is -0.147. The topological polar surface area (TPSA) is 77.2 Å². The molecule has 0 aromatic heterocycles. The van der Waals surface area contributed by atoms with Crippen LogP contribution in [0.4, 0.5) is 13.2 Å². The van der Waals surface area contributed by atoms with Crippen LogP contribution in [0, 0.1) is 23.4 Å². The first kappa shape index (κ1) is 20.2. The average molecular weight is 419 g/mol. The number of hydrogen-bond acceptors (Lipinski definition) is 5. The van der Waals surface area contributed by atoms with Gasteiger partial charge in [-0.1, -0.05) is 0 Å². The van der Waals surface area contributed by atoms with Gasteiger partial charge in [0.15, 0.2) is 0 Å². The van der Waals surface area contributed by atoms with Gasteiger partial charge in [0.05, 0.1) is 12.2 Å². The van der Waals surface area contributed by atoms with Gasteiger partial charge < -0.3 is 15.2 Å². The molecular formula is C21H20F3N3O3. The molecule has 2 aliphatic rings. The number of nitrogens with two attached hydrogens (primary N) is 1. The zero-order valence-electron chi connectivity index (χ0n) is 16.2. The minimum atomic E-state index is -1.20. The number of ether oxygens (including phenoxy) is 2. The predicted octanol–water partition coefficient (Wildman–Crippen LogP) is 2.90. The van der Waals surface area contributed by atoms with Crippen molar-refractivity contribution in [1.82, 2.24) is 5.01 Å². The fraction of sp³-hybridized carbons (Fsp3) is 0.333. The summed E-state index contributed by atoms with van der Waals surface area (Å²) in [6.07, 6.45) is 0.447. The molecular weight excluding hydrogens is 399 g/mol. The molecule has 4 rings (SSSR count). The Kier molecular flexibility index (Phi) is 5.15. The first-order valence-corrected chi connectivity index (χ1v) is 9.47. The fourth-order valence-corrected chi connectivity index (χ4v) is 4.11. The summed E-state index contributed by atoms with van der Waals surface area (Å²) in [5.74, 6) is -2.59. The SMILES string of the molecule is CC(=O)N1N=C(c2cc(F)ccc2F)OCC12c1cc(F)ccc1OCC2CCN. The van der Waals surface area contributed by atoms with Crippen molar-refractivity contribution in [2.75, 3.05) is 19.8 Å². The number of fused-ring (bicyclic) bond motifs is 2. The van der Waals surface area contributed by atoms with Crippen molar-refractivity contribution in [3.05, 3.63) is 65.0 Å². The van der Waals surface area contributed by atoms with Crippen LogP contribution in [0.25, 0.3) is 0 Å². The minimum Gasteiger partial charge on any atom is -0.493 e. The molecule has 0 saturated heterocycles. The summed E-state index contributed by atoms with van der Waals surface area (Å²) in [5, 5.41) is 5.41. The molecule has 1 amide bonds. The molecule has 2 aromatic rings. The third kappa shape index (κ3) is 3.19. The zero-order valence-corrected chi connectivity index (χ0v) is 16.2. The lowest BCUT2D eigenvalue weighted by Gasteiger charge is -2.50. The molecule has 0 bridgehead atoms. The molecule has 2 N–H and O–H groups in total. The standard InChI is InChI=1S/C21H20F3N3O3/c1-12(28)27-21(11-30-20(26-27)16-8-14(22)2-4-18(16)24)13(6-7-25)10-29-19-5-3-15(23)9-17(19)21/h2-5,8-9,13H,6-7,10-11,25H2,1H3. The van der Waals surface area contributed by atoms with Gasteiger partial charge in [-0.3, -0.25) is 4.79 Å². The molecule has 158 valence electrons.